The van der Waals surface area contributed by atoms with E-state index in [0.29, 0.717) is 31.1 Å². The highest BCUT2D eigenvalue weighted by atomic mass is 32.2. The van der Waals surface area contributed by atoms with Crippen molar-refractivity contribution in [2.24, 2.45) is 0 Å². The molecule has 0 N–H and O–H groups in total. The van der Waals surface area contributed by atoms with Gasteiger partial charge in [-0.2, -0.15) is 4.31 Å². The van der Waals surface area contributed by atoms with Gasteiger partial charge in [0.1, 0.15) is 0 Å². The lowest BCUT2D eigenvalue weighted by Crippen LogP contribution is -2.48. The summed E-state index contributed by atoms with van der Waals surface area (Å²) in [6, 6.07) is 14.8. The monoisotopic (exact) mass is 360 g/mol. The van der Waals surface area contributed by atoms with Crippen molar-refractivity contribution in [1.29, 1.82) is 0 Å². The summed E-state index contributed by atoms with van der Waals surface area (Å²) < 4.78 is 38.3. The molecule has 0 aromatic heterocycles. The Morgan fingerprint density at radius 3 is 2.56 bits per heavy atom. The molecule has 0 aliphatic carbocycles. The van der Waals surface area contributed by atoms with E-state index in [9.17, 15) is 8.42 Å². The van der Waals surface area contributed by atoms with Crippen molar-refractivity contribution >= 4 is 10.0 Å². The van der Waals surface area contributed by atoms with E-state index in [4.69, 9.17) is 9.47 Å². The van der Waals surface area contributed by atoms with Gasteiger partial charge in [0, 0.05) is 31.7 Å². The number of ether oxygens (including phenoxy) is 2. The van der Waals surface area contributed by atoms with Crippen molar-refractivity contribution in [3.63, 3.8) is 0 Å². The van der Waals surface area contributed by atoms with E-state index in [2.05, 4.69) is 4.90 Å². The fraction of sp³-hybridized carbons (Fsp3) is 0.333. The van der Waals surface area contributed by atoms with E-state index in [1.165, 1.54) is 0 Å². The number of hydrogen-bond donors (Lipinski definition) is 0. The second-order valence-electron chi connectivity index (χ2n) is 6.29. The molecule has 0 bridgehead atoms. The van der Waals surface area contributed by atoms with E-state index in [1.807, 2.05) is 37.4 Å². The third-order valence-corrected chi connectivity index (χ3v) is 6.64. The highest BCUT2D eigenvalue weighted by Gasteiger charge is 2.34. The summed E-state index contributed by atoms with van der Waals surface area (Å²) in [5.41, 5.74) is 1.12. The Balaban J connectivity index is 1.62. The van der Waals surface area contributed by atoms with Crippen molar-refractivity contribution in [2.75, 3.05) is 33.5 Å². The average molecular weight is 360 g/mol. The van der Waals surface area contributed by atoms with Crippen molar-refractivity contribution in [2.45, 2.75) is 10.9 Å². The predicted octanol–water partition coefficient (Wildman–Crippen LogP) is 2.09. The lowest BCUT2D eigenvalue weighted by atomic mass is 10.0. The van der Waals surface area contributed by atoms with Crippen LogP contribution in [0.4, 0.5) is 0 Å². The van der Waals surface area contributed by atoms with Gasteiger partial charge in [0.05, 0.1) is 4.90 Å². The Morgan fingerprint density at radius 2 is 1.76 bits per heavy atom. The minimum atomic E-state index is -3.58. The second kappa shape index (κ2) is 6.33. The van der Waals surface area contributed by atoms with E-state index in [1.54, 1.807) is 22.5 Å². The zero-order valence-corrected chi connectivity index (χ0v) is 14.8. The molecule has 1 fully saturated rings. The number of nitrogens with zero attached hydrogens (tertiary/aromatic N) is 2. The standard InChI is InChI=1S/C18H20N2O4S/c1-19-9-10-20(12-16(19)14-5-3-2-4-6-14)25(21,22)15-7-8-17-18(11-15)24-13-23-17/h2-8,11,16H,9-10,12-13H2,1H3. The van der Waals surface area contributed by atoms with Gasteiger partial charge in [0.2, 0.25) is 16.8 Å². The van der Waals surface area contributed by atoms with E-state index in [0.717, 1.165) is 5.56 Å². The van der Waals surface area contributed by atoms with Crippen LogP contribution in [0.2, 0.25) is 0 Å². The van der Waals surface area contributed by atoms with Gasteiger partial charge in [-0.05, 0) is 24.7 Å². The van der Waals surface area contributed by atoms with Crippen molar-refractivity contribution < 1.29 is 17.9 Å². The van der Waals surface area contributed by atoms with Gasteiger partial charge in [-0.1, -0.05) is 30.3 Å². The first kappa shape index (κ1) is 16.4. The minimum Gasteiger partial charge on any atom is -0.454 e. The van der Waals surface area contributed by atoms with Crippen LogP contribution in [0.15, 0.2) is 53.4 Å². The summed E-state index contributed by atoms with van der Waals surface area (Å²) in [4.78, 5) is 2.44. The Morgan fingerprint density at radius 1 is 1.00 bits per heavy atom. The average Bonchev–Trinajstić information content (AvgIpc) is 3.10. The highest BCUT2D eigenvalue weighted by molar-refractivity contribution is 7.89. The normalized spacial score (nSPS) is 21.4. The maximum absolute atomic E-state index is 13.1. The fourth-order valence-electron chi connectivity index (χ4n) is 3.29. The van der Waals surface area contributed by atoms with Gasteiger partial charge in [0.15, 0.2) is 11.5 Å². The van der Waals surface area contributed by atoms with Gasteiger partial charge in [-0.25, -0.2) is 8.42 Å². The maximum Gasteiger partial charge on any atom is 0.243 e. The van der Waals surface area contributed by atoms with Crippen LogP contribution in [-0.4, -0.2) is 51.1 Å². The molecular formula is C18H20N2O4S. The quantitative estimate of drug-likeness (QED) is 0.839. The zero-order chi connectivity index (χ0) is 17.4. The third-order valence-electron chi connectivity index (χ3n) is 4.78. The number of sulfonamides is 1. The van der Waals surface area contributed by atoms with Crippen LogP contribution in [0.25, 0.3) is 0 Å². The molecule has 25 heavy (non-hydrogen) atoms. The molecule has 6 nitrogen and oxygen atoms in total. The first-order valence-corrected chi connectivity index (χ1v) is 9.65. The highest BCUT2D eigenvalue weighted by Crippen LogP contribution is 2.35. The summed E-state index contributed by atoms with van der Waals surface area (Å²) in [6.45, 7) is 1.71. The molecule has 7 heteroatoms. The molecule has 0 spiro atoms. The summed E-state index contributed by atoms with van der Waals surface area (Å²) in [7, 11) is -1.55. The van der Waals surface area contributed by atoms with E-state index < -0.39 is 10.0 Å². The largest absolute Gasteiger partial charge is 0.454 e. The summed E-state index contributed by atoms with van der Waals surface area (Å²) in [5.74, 6) is 1.06. The Kier molecular flexibility index (Phi) is 4.15. The van der Waals surface area contributed by atoms with Crippen LogP contribution in [0.5, 0.6) is 11.5 Å². The van der Waals surface area contributed by atoms with E-state index >= 15 is 0 Å². The third kappa shape index (κ3) is 2.99. The van der Waals surface area contributed by atoms with Gasteiger partial charge in [-0.15, -0.1) is 0 Å². The van der Waals surface area contributed by atoms with Crippen LogP contribution < -0.4 is 9.47 Å². The molecule has 2 aliphatic rings. The van der Waals surface area contributed by atoms with Crippen LogP contribution >= 0.6 is 0 Å². The molecule has 2 aromatic carbocycles. The number of benzene rings is 2. The maximum atomic E-state index is 13.1. The topological polar surface area (TPSA) is 59.1 Å². The molecule has 2 heterocycles. The Bertz CT molecular complexity index is 870. The zero-order valence-electron chi connectivity index (χ0n) is 14.0. The SMILES string of the molecule is CN1CCN(S(=O)(=O)c2ccc3c(c2)OCO3)CC1c1ccccc1. The van der Waals surface area contributed by atoms with Crippen LogP contribution in [0.3, 0.4) is 0 Å². The lowest BCUT2D eigenvalue weighted by Gasteiger charge is -2.39. The Labute approximate surface area is 147 Å². The summed E-state index contributed by atoms with van der Waals surface area (Å²) in [6.07, 6.45) is 0. The van der Waals surface area contributed by atoms with Crippen molar-refractivity contribution in [3.05, 3.63) is 54.1 Å². The first-order chi connectivity index (χ1) is 12.1. The minimum absolute atomic E-state index is 0.0405. The van der Waals surface area contributed by atoms with Gasteiger partial charge in [0.25, 0.3) is 0 Å². The molecule has 2 aromatic rings. The molecular weight excluding hydrogens is 340 g/mol. The van der Waals surface area contributed by atoms with Gasteiger partial charge in [-0.3, -0.25) is 4.90 Å². The molecule has 1 saturated heterocycles. The summed E-state index contributed by atoms with van der Waals surface area (Å²) >= 11 is 0. The molecule has 0 radical (unpaired) electrons. The molecule has 1 unspecified atom stereocenters. The molecule has 2 aliphatic heterocycles. The van der Waals surface area contributed by atoms with Crippen LogP contribution in [0, 0.1) is 0 Å². The fourth-order valence-corrected chi connectivity index (χ4v) is 4.74. The van der Waals surface area contributed by atoms with Crippen LogP contribution in [0.1, 0.15) is 11.6 Å². The second-order valence-corrected chi connectivity index (χ2v) is 8.22. The molecule has 4 rings (SSSR count). The van der Waals surface area contributed by atoms with Gasteiger partial charge < -0.3 is 9.47 Å². The first-order valence-electron chi connectivity index (χ1n) is 8.21. The predicted molar refractivity (Wildman–Crippen MR) is 93.1 cm³/mol. The molecule has 0 amide bonds. The molecule has 132 valence electrons. The van der Waals surface area contributed by atoms with Gasteiger partial charge >= 0.3 is 0 Å². The van der Waals surface area contributed by atoms with E-state index in [-0.39, 0.29) is 17.7 Å². The number of piperazine rings is 1. The van der Waals surface area contributed by atoms with Crippen LogP contribution in [-0.2, 0) is 10.0 Å². The smallest absolute Gasteiger partial charge is 0.243 e. The number of rotatable bonds is 3. The number of hydrogen-bond acceptors (Lipinski definition) is 5. The molecule has 0 saturated carbocycles. The summed E-state index contributed by atoms with van der Waals surface area (Å²) in [5, 5.41) is 0. The van der Waals surface area contributed by atoms with Crippen molar-refractivity contribution in [1.82, 2.24) is 9.21 Å². The number of fused-ring (bicyclic) bond motifs is 1. The van der Waals surface area contributed by atoms with Crippen molar-refractivity contribution in [3.8, 4) is 11.5 Å². The lowest BCUT2D eigenvalue weighted by molar-refractivity contribution is 0.148. The molecule has 1 atom stereocenters. The Hall–Kier alpha value is -2.09. The number of likely N-dealkylation sites (N-methyl/N-ethyl adjacent to an activating group) is 1.